The maximum Gasteiger partial charge on any atom is 0.242 e. The minimum atomic E-state index is -0.370. The standard InChI is InChI=1S/C23H19ClN2O4/c1-12-6-8-17-21(29)16-5-3-4-14(23(16)30-22(17)13(12)2)10-20(28)26-25-18-11-15(24)7-9-19(18)27/h3-9,11,25,27H,10H2,1-2H3,(H,26,28). The zero-order chi connectivity index (χ0) is 21.4. The predicted molar refractivity (Wildman–Crippen MR) is 118 cm³/mol. The van der Waals surface area contributed by atoms with Gasteiger partial charge in [-0.2, -0.15) is 0 Å². The van der Waals surface area contributed by atoms with E-state index in [4.69, 9.17) is 16.0 Å². The van der Waals surface area contributed by atoms with Crippen LogP contribution in [0.15, 0.2) is 57.7 Å². The quantitative estimate of drug-likeness (QED) is 0.254. The summed E-state index contributed by atoms with van der Waals surface area (Å²) in [6.45, 7) is 3.86. The van der Waals surface area contributed by atoms with Crippen LogP contribution in [0.3, 0.4) is 0 Å². The molecule has 0 aliphatic carbocycles. The zero-order valence-corrected chi connectivity index (χ0v) is 17.1. The van der Waals surface area contributed by atoms with E-state index >= 15 is 0 Å². The Hall–Kier alpha value is -3.51. The molecule has 1 heterocycles. The number of anilines is 1. The lowest BCUT2D eigenvalue weighted by Gasteiger charge is -2.12. The molecule has 0 atom stereocenters. The minimum Gasteiger partial charge on any atom is -0.506 e. The summed E-state index contributed by atoms with van der Waals surface area (Å²) < 4.78 is 6.11. The van der Waals surface area contributed by atoms with Crippen molar-refractivity contribution in [2.24, 2.45) is 0 Å². The van der Waals surface area contributed by atoms with Crippen LogP contribution in [0.1, 0.15) is 16.7 Å². The first kappa shape index (κ1) is 19.8. The smallest absolute Gasteiger partial charge is 0.242 e. The van der Waals surface area contributed by atoms with E-state index in [2.05, 4.69) is 10.9 Å². The van der Waals surface area contributed by atoms with E-state index in [9.17, 15) is 14.7 Å². The monoisotopic (exact) mass is 422 g/mol. The van der Waals surface area contributed by atoms with Crippen molar-refractivity contribution in [1.29, 1.82) is 0 Å². The summed E-state index contributed by atoms with van der Waals surface area (Å²) >= 11 is 5.91. The molecule has 0 saturated carbocycles. The number of aryl methyl sites for hydroxylation is 2. The Balaban J connectivity index is 1.67. The molecule has 0 radical (unpaired) electrons. The Morgan fingerprint density at radius 2 is 1.83 bits per heavy atom. The van der Waals surface area contributed by atoms with Crippen LogP contribution in [0, 0.1) is 13.8 Å². The average Bonchev–Trinajstić information content (AvgIpc) is 2.72. The summed E-state index contributed by atoms with van der Waals surface area (Å²) in [6, 6.07) is 13.3. The van der Waals surface area contributed by atoms with Gasteiger partial charge in [-0.1, -0.05) is 29.8 Å². The third kappa shape index (κ3) is 3.57. The van der Waals surface area contributed by atoms with E-state index in [0.717, 1.165) is 11.1 Å². The number of hydrogen-bond acceptors (Lipinski definition) is 5. The highest BCUT2D eigenvalue weighted by molar-refractivity contribution is 6.30. The molecule has 0 saturated heterocycles. The second kappa shape index (κ2) is 7.72. The molecule has 3 N–H and O–H groups in total. The van der Waals surface area contributed by atoms with E-state index in [1.165, 1.54) is 18.2 Å². The van der Waals surface area contributed by atoms with Gasteiger partial charge in [0.25, 0.3) is 0 Å². The first-order valence-corrected chi connectivity index (χ1v) is 9.71. The van der Waals surface area contributed by atoms with Gasteiger partial charge in [-0.25, -0.2) is 0 Å². The molecule has 4 aromatic rings. The molecule has 7 heteroatoms. The molecular formula is C23H19ClN2O4. The van der Waals surface area contributed by atoms with Gasteiger partial charge < -0.3 is 9.52 Å². The number of phenols is 1. The Morgan fingerprint density at radius 1 is 1.07 bits per heavy atom. The Bertz CT molecular complexity index is 1360. The lowest BCUT2D eigenvalue weighted by molar-refractivity contribution is -0.119. The molecular weight excluding hydrogens is 404 g/mol. The van der Waals surface area contributed by atoms with E-state index in [0.29, 0.717) is 32.5 Å². The van der Waals surface area contributed by atoms with Crippen molar-refractivity contribution in [3.05, 3.63) is 80.5 Å². The summed E-state index contributed by atoms with van der Waals surface area (Å²) in [5, 5.41) is 11.2. The molecule has 1 aromatic heterocycles. The third-order valence-corrected chi connectivity index (χ3v) is 5.35. The van der Waals surface area contributed by atoms with Crippen LogP contribution in [-0.4, -0.2) is 11.0 Å². The number of nitrogens with one attached hydrogen (secondary N) is 2. The van der Waals surface area contributed by atoms with Gasteiger partial charge >= 0.3 is 0 Å². The fourth-order valence-electron chi connectivity index (χ4n) is 3.33. The first-order valence-electron chi connectivity index (χ1n) is 9.33. The number of hydrogen-bond donors (Lipinski definition) is 3. The van der Waals surface area contributed by atoms with Crippen molar-refractivity contribution in [3.8, 4) is 5.75 Å². The zero-order valence-electron chi connectivity index (χ0n) is 16.4. The number of carbonyl (C=O) groups excluding carboxylic acids is 1. The largest absolute Gasteiger partial charge is 0.506 e. The normalized spacial score (nSPS) is 11.0. The lowest BCUT2D eigenvalue weighted by atomic mass is 10.0. The van der Waals surface area contributed by atoms with Crippen molar-refractivity contribution in [2.75, 3.05) is 5.43 Å². The second-order valence-corrected chi connectivity index (χ2v) is 7.56. The number of halogens is 1. The number of amides is 1. The van der Waals surface area contributed by atoms with Crippen molar-refractivity contribution in [1.82, 2.24) is 5.43 Å². The molecule has 0 aliphatic rings. The molecule has 0 spiro atoms. The number of aromatic hydroxyl groups is 1. The van der Waals surface area contributed by atoms with E-state index in [1.54, 1.807) is 24.3 Å². The topological polar surface area (TPSA) is 91.6 Å². The molecule has 4 rings (SSSR count). The molecule has 0 unspecified atom stereocenters. The van der Waals surface area contributed by atoms with Gasteiger partial charge in [0.1, 0.15) is 16.9 Å². The Labute approximate surface area is 177 Å². The number of fused-ring (bicyclic) bond motifs is 2. The molecule has 3 aromatic carbocycles. The molecule has 0 fully saturated rings. The second-order valence-electron chi connectivity index (χ2n) is 7.12. The lowest BCUT2D eigenvalue weighted by Crippen LogP contribution is -2.30. The summed E-state index contributed by atoms with van der Waals surface area (Å²) in [4.78, 5) is 25.4. The van der Waals surface area contributed by atoms with Gasteiger partial charge in [0, 0.05) is 10.6 Å². The van der Waals surface area contributed by atoms with Crippen molar-refractivity contribution in [2.45, 2.75) is 20.3 Å². The molecule has 6 nitrogen and oxygen atoms in total. The van der Waals surface area contributed by atoms with Gasteiger partial charge in [0.15, 0.2) is 0 Å². The van der Waals surface area contributed by atoms with Gasteiger partial charge in [-0.3, -0.25) is 20.4 Å². The van der Waals surface area contributed by atoms with E-state index < -0.39 is 0 Å². The number of hydrazine groups is 1. The number of phenolic OH excluding ortho intramolecular Hbond substituents is 1. The molecule has 152 valence electrons. The van der Waals surface area contributed by atoms with Crippen LogP contribution >= 0.6 is 11.6 Å². The molecule has 1 amide bonds. The summed E-state index contributed by atoms with van der Waals surface area (Å²) in [5.74, 6) is -0.418. The highest BCUT2D eigenvalue weighted by atomic mass is 35.5. The number of para-hydroxylation sites is 1. The van der Waals surface area contributed by atoms with Crippen LogP contribution < -0.4 is 16.3 Å². The Kier molecular flexibility index (Phi) is 5.10. The summed E-state index contributed by atoms with van der Waals surface area (Å²) in [7, 11) is 0. The summed E-state index contributed by atoms with van der Waals surface area (Å²) in [6.07, 6.45) is -0.0228. The van der Waals surface area contributed by atoms with Gasteiger partial charge in [0.05, 0.1) is 22.9 Å². The predicted octanol–water partition coefficient (Wildman–Crippen LogP) is 4.61. The van der Waals surface area contributed by atoms with Crippen LogP contribution in [0.5, 0.6) is 5.75 Å². The SMILES string of the molecule is Cc1ccc2c(=O)c3cccc(CC(=O)NNc4cc(Cl)ccc4O)c3oc2c1C. The maximum absolute atomic E-state index is 13.0. The number of benzene rings is 3. The van der Waals surface area contributed by atoms with Gasteiger partial charge in [-0.15, -0.1) is 0 Å². The highest BCUT2D eigenvalue weighted by Gasteiger charge is 2.15. The number of carbonyl (C=O) groups is 1. The van der Waals surface area contributed by atoms with Crippen molar-refractivity contribution < 1.29 is 14.3 Å². The molecule has 30 heavy (non-hydrogen) atoms. The van der Waals surface area contributed by atoms with Crippen molar-refractivity contribution >= 4 is 45.1 Å². The number of rotatable bonds is 4. The third-order valence-electron chi connectivity index (χ3n) is 5.11. The fourth-order valence-corrected chi connectivity index (χ4v) is 3.51. The van der Waals surface area contributed by atoms with Crippen LogP contribution in [0.4, 0.5) is 5.69 Å². The fraction of sp³-hybridized carbons (Fsp3) is 0.130. The molecule has 0 aliphatic heterocycles. The molecule has 0 bridgehead atoms. The van der Waals surface area contributed by atoms with E-state index in [1.807, 2.05) is 19.9 Å². The Morgan fingerprint density at radius 3 is 2.63 bits per heavy atom. The first-order chi connectivity index (χ1) is 14.3. The summed E-state index contributed by atoms with van der Waals surface area (Å²) in [5.41, 5.74) is 8.75. The van der Waals surface area contributed by atoms with Gasteiger partial charge in [0.2, 0.25) is 11.3 Å². The van der Waals surface area contributed by atoms with Crippen LogP contribution in [-0.2, 0) is 11.2 Å². The maximum atomic E-state index is 13.0. The highest BCUT2D eigenvalue weighted by Crippen LogP contribution is 2.27. The van der Waals surface area contributed by atoms with E-state index in [-0.39, 0.29) is 29.2 Å². The minimum absolute atomic E-state index is 0.0228. The van der Waals surface area contributed by atoms with Crippen molar-refractivity contribution in [3.63, 3.8) is 0 Å². The van der Waals surface area contributed by atoms with Crippen LogP contribution in [0.25, 0.3) is 21.9 Å². The van der Waals surface area contributed by atoms with Crippen LogP contribution in [0.2, 0.25) is 5.02 Å². The van der Waals surface area contributed by atoms with Gasteiger partial charge in [-0.05, 0) is 55.3 Å². The average molecular weight is 423 g/mol.